The van der Waals surface area contributed by atoms with Crippen LogP contribution in [-0.2, 0) is 10.3 Å². The molecule has 0 fully saturated rings. The molecule has 1 N–H and O–H groups in total. The van der Waals surface area contributed by atoms with E-state index in [1.807, 2.05) is 18.2 Å². The van der Waals surface area contributed by atoms with Crippen molar-refractivity contribution in [3.63, 3.8) is 0 Å². The third-order valence-electron chi connectivity index (χ3n) is 3.70. The molecule has 0 aliphatic carbocycles. The fourth-order valence-corrected chi connectivity index (χ4v) is 2.51. The summed E-state index contributed by atoms with van der Waals surface area (Å²) >= 11 is 0. The molecule has 0 heterocycles. The Labute approximate surface area is 117 Å². The Morgan fingerprint density at radius 2 is 1.63 bits per heavy atom. The van der Waals surface area contributed by atoms with Crippen LogP contribution in [0.5, 0.6) is 0 Å². The SMILES string of the molecule is CCC(C(=O)NC(C)(C)c1ccccc1)C(C)(C)C. The van der Waals surface area contributed by atoms with Gasteiger partial charge in [-0.25, -0.2) is 0 Å². The van der Waals surface area contributed by atoms with E-state index >= 15 is 0 Å². The average molecular weight is 261 g/mol. The van der Waals surface area contributed by atoms with Gasteiger partial charge in [-0.15, -0.1) is 0 Å². The zero-order valence-electron chi connectivity index (χ0n) is 13.1. The van der Waals surface area contributed by atoms with E-state index in [1.165, 1.54) is 0 Å². The second-order valence-electron chi connectivity index (χ2n) is 6.81. The summed E-state index contributed by atoms with van der Waals surface area (Å²) in [5, 5.41) is 3.19. The van der Waals surface area contributed by atoms with Gasteiger partial charge in [0, 0.05) is 5.92 Å². The summed E-state index contributed by atoms with van der Waals surface area (Å²) in [6, 6.07) is 10.1. The van der Waals surface area contributed by atoms with Crippen LogP contribution < -0.4 is 5.32 Å². The van der Waals surface area contributed by atoms with Crippen LogP contribution in [0.25, 0.3) is 0 Å². The molecule has 0 aliphatic rings. The topological polar surface area (TPSA) is 29.1 Å². The molecule has 1 amide bonds. The lowest BCUT2D eigenvalue weighted by Gasteiger charge is -2.34. The lowest BCUT2D eigenvalue weighted by molar-refractivity contribution is -0.130. The van der Waals surface area contributed by atoms with Crippen molar-refractivity contribution in [2.24, 2.45) is 11.3 Å². The molecule has 1 atom stereocenters. The van der Waals surface area contributed by atoms with Gasteiger partial charge in [-0.1, -0.05) is 58.0 Å². The molecule has 0 aromatic heterocycles. The van der Waals surface area contributed by atoms with Crippen LogP contribution in [0.15, 0.2) is 30.3 Å². The first-order valence-corrected chi connectivity index (χ1v) is 7.06. The molecule has 0 radical (unpaired) electrons. The van der Waals surface area contributed by atoms with Crippen molar-refractivity contribution in [3.8, 4) is 0 Å². The fraction of sp³-hybridized carbons (Fsp3) is 0.588. The molecular weight excluding hydrogens is 234 g/mol. The molecule has 0 bridgehead atoms. The number of carbonyl (C=O) groups is 1. The lowest BCUT2D eigenvalue weighted by Crippen LogP contribution is -2.46. The van der Waals surface area contributed by atoms with Crippen LogP contribution in [0, 0.1) is 11.3 Å². The first kappa shape index (κ1) is 15.7. The number of rotatable bonds is 4. The number of hydrogen-bond donors (Lipinski definition) is 1. The highest BCUT2D eigenvalue weighted by atomic mass is 16.2. The summed E-state index contributed by atoms with van der Waals surface area (Å²) in [4.78, 5) is 12.5. The Morgan fingerprint density at radius 3 is 2.05 bits per heavy atom. The Bertz CT molecular complexity index is 415. The van der Waals surface area contributed by atoms with Crippen LogP contribution in [0.2, 0.25) is 0 Å². The normalized spacial score (nSPS) is 14.0. The van der Waals surface area contributed by atoms with Crippen molar-refractivity contribution >= 4 is 5.91 Å². The predicted octanol–water partition coefficient (Wildman–Crippen LogP) is 4.11. The molecule has 0 saturated heterocycles. The van der Waals surface area contributed by atoms with Crippen molar-refractivity contribution in [2.45, 2.75) is 53.5 Å². The van der Waals surface area contributed by atoms with Gasteiger partial charge in [0.25, 0.3) is 0 Å². The van der Waals surface area contributed by atoms with Crippen molar-refractivity contribution in [2.75, 3.05) is 0 Å². The Kier molecular flexibility index (Phi) is 4.78. The number of carbonyl (C=O) groups excluding carboxylic acids is 1. The van der Waals surface area contributed by atoms with Gasteiger partial charge in [0.15, 0.2) is 0 Å². The van der Waals surface area contributed by atoms with E-state index in [0.29, 0.717) is 0 Å². The van der Waals surface area contributed by atoms with Crippen molar-refractivity contribution < 1.29 is 4.79 Å². The summed E-state index contributed by atoms with van der Waals surface area (Å²) in [6.45, 7) is 12.5. The second kappa shape index (κ2) is 5.77. The van der Waals surface area contributed by atoms with Gasteiger partial charge in [0.1, 0.15) is 0 Å². The van der Waals surface area contributed by atoms with E-state index < -0.39 is 0 Å². The van der Waals surface area contributed by atoms with Gasteiger partial charge in [-0.05, 0) is 31.2 Å². The van der Waals surface area contributed by atoms with Crippen LogP contribution in [0.4, 0.5) is 0 Å². The molecule has 1 unspecified atom stereocenters. The van der Waals surface area contributed by atoms with Gasteiger partial charge >= 0.3 is 0 Å². The maximum absolute atomic E-state index is 12.5. The van der Waals surface area contributed by atoms with Crippen LogP contribution in [0.3, 0.4) is 0 Å². The quantitative estimate of drug-likeness (QED) is 0.868. The molecule has 0 spiro atoms. The minimum atomic E-state index is -0.336. The lowest BCUT2D eigenvalue weighted by atomic mass is 9.78. The Balaban J connectivity index is 2.87. The van der Waals surface area contributed by atoms with Gasteiger partial charge in [-0.3, -0.25) is 4.79 Å². The third-order valence-corrected chi connectivity index (χ3v) is 3.70. The van der Waals surface area contributed by atoms with Crippen molar-refractivity contribution in [3.05, 3.63) is 35.9 Å². The fourth-order valence-electron chi connectivity index (χ4n) is 2.51. The van der Waals surface area contributed by atoms with Crippen LogP contribution >= 0.6 is 0 Å². The van der Waals surface area contributed by atoms with E-state index in [1.54, 1.807) is 0 Å². The predicted molar refractivity (Wildman–Crippen MR) is 80.8 cm³/mol. The zero-order valence-corrected chi connectivity index (χ0v) is 13.1. The van der Waals surface area contributed by atoms with E-state index in [4.69, 9.17) is 0 Å². The number of nitrogens with one attached hydrogen (secondary N) is 1. The summed E-state index contributed by atoms with van der Waals surface area (Å²) in [5.41, 5.74) is 0.787. The molecule has 1 rings (SSSR count). The molecule has 106 valence electrons. The number of hydrogen-bond acceptors (Lipinski definition) is 1. The van der Waals surface area contributed by atoms with Gasteiger partial charge < -0.3 is 5.32 Å². The maximum atomic E-state index is 12.5. The summed E-state index contributed by atoms with van der Waals surface area (Å²) in [6.07, 6.45) is 0.861. The minimum absolute atomic E-state index is 0.00833. The van der Waals surface area contributed by atoms with E-state index in [2.05, 4.69) is 59.0 Å². The highest BCUT2D eigenvalue weighted by molar-refractivity contribution is 5.80. The zero-order chi connectivity index (χ0) is 14.7. The van der Waals surface area contributed by atoms with Crippen molar-refractivity contribution in [1.82, 2.24) is 5.32 Å². The largest absolute Gasteiger partial charge is 0.347 e. The van der Waals surface area contributed by atoms with E-state index in [0.717, 1.165) is 12.0 Å². The van der Waals surface area contributed by atoms with Gasteiger partial charge in [0.2, 0.25) is 5.91 Å². The Morgan fingerprint density at radius 1 is 1.11 bits per heavy atom. The molecule has 0 aliphatic heterocycles. The number of benzene rings is 1. The highest BCUT2D eigenvalue weighted by Crippen LogP contribution is 2.30. The molecule has 19 heavy (non-hydrogen) atoms. The molecule has 2 heteroatoms. The van der Waals surface area contributed by atoms with Crippen LogP contribution in [-0.4, -0.2) is 5.91 Å². The third kappa shape index (κ3) is 4.09. The van der Waals surface area contributed by atoms with Gasteiger partial charge in [0.05, 0.1) is 5.54 Å². The number of amides is 1. The second-order valence-corrected chi connectivity index (χ2v) is 6.81. The maximum Gasteiger partial charge on any atom is 0.224 e. The monoisotopic (exact) mass is 261 g/mol. The van der Waals surface area contributed by atoms with E-state index in [-0.39, 0.29) is 22.8 Å². The average Bonchev–Trinajstić information content (AvgIpc) is 2.28. The molecule has 1 aromatic rings. The molecule has 1 aromatic carbocycles. The Hall–Kier alpha value is -1.31. The molecule has 2 nitrogen and oxygen atoms in total. The standard InChI is InChI=1S/C17H27NO/c1-7-14(16(2,3)4)15(19)18-17(5,6)13-11-9-8-10-12-13/h8-12,14H,7H2,1-6H3,(H,18,19). The van der Waals surface area contributed by atoms with Gasteiger partial charge in [-0.2, -0.15) is 0 Å². The summed E-state index contributed by atoms with van der Waals surface area (Å²) in [5.74, 6) is 0.180. The molecular formula is C17H27NO. The van der Waals surface area contributed by atoms with Crippen LogP contribution in [0.1, 0.15) is 53.5 Å². The molecule has 0 saturated carbocycles. The smallest absolute Gasteiger partial charge is 0.224 e. The minimum Gasteiger partial charge on any atom is -0.347 e. The van der Waals surface area contributed by atoms with Crippen molar-refractivity contribution in [1.29, 1.82) is 0 Å². The first-order valence-electron chi connectivity index (χ1n) is 7.06. The van der Waals surface area contributed by atoms with E-state index in [9.17, 15) is 4.79 Å². The summed E-state index contributed by atoms with van der Waals surface area (Å²) < 4.78 is 0. The highest BCUT2D eigenvalue weighted by Gasteiger charge is 2.33. The summed E-state index contributed by atoms with van der Waals surface area (Å²) in [7, 11) is 0. The first-order chi connectivity index (χ1) is 8.68.